The first kappa shape index (κ1) is 16.6. The summed E-state index contributed by atoms with van der Waals surface area (Å²) in [4.78, 5) is 14.3. The summed E-state index contributed by atoms with van der Waals surface area (Å²) in [5, 5.41) is 6.04. The highest BCUT2D eigenvalue weighted by atomic mass is 35.5. The normalized spacial score (nSPS) is 16.9. The predicted octanol–water partition coefficient (Wildman–Crippen LogP) is 4.21. The second-order valence-corrected chi connectivity index (χ2v) is 6.11. The Hall–Kier alpha value is -2.24. The molecule has 2 aromatic carbocycles. The third kappa shape index (κ3) is 3.99. The summed E-state index contributed by atoms with van der Waals surface area (Å²) in [6, 6.07) is 14.6. The first-order valence-electron chi connectivity index (χ1n) is 7.86. The minimum absolute atomic E-state index is 0.296. The maximum Gasteiger partial charge on any atom is 0.323 e. The fourth-order valence-corrected chi connectivity index (χ4v) is 2.94. The Morgan fingerprint density at radius 1 is 1.17 bits per heavy atom. The second kappa shape index (κ2) is 7.55. The van der Waals surface area contributed by atoms with Crippen LogP contribution in [-0.2, 0) is 4.74 Å². The molecule has 2 amide bonds. The number of carbonyl (C=O) groups is 1. The van der Waals surface area contributed by atoms with Gasteiger partial charge in [-0.2, -0.15) is 0 Å². The molecule has 1 atom stereocenters. The van der Waals surface area contributed by atoms with Crippen LogP contribution in [0.25, 0.3) is 0 Å². The van der Waals surface area contributed by atoms with Crippen LogP contribution in [0.15, 0.2) is 48.5 Å². The van der Waals surface area contributed by atoms with Gasteiger partial charge in [0.05, 0.1) is 16.8 Å². The first-order chi connectivity index (χ1) is 11.7. The van der Waals surface area contributed by atoms with Crippen LogP contribution >= 0.6 is 11.6 Å². The molecule has 1 heterocycles. The number of rotatable bonds is 4. The number of hydrogen-bond acceptors (Lipinski definition) is 3. The van der Waals surface area contributed by atoms with Crippen LogP contribution in [0, 0.1) is 0 Å². The molecule has 1 aliphatic heterocycles. The van der Waals surface area contributed by atoms with Crippen molar-refractivity contribution in [2.24, 2.45) is 0 Å². The maximum atomic E-state index is 12.0. The molecule has 0 bridgehead atoms. The third-order valence-corrected chi connectivity index (χ3v) is 4.42. The lowest BCUT2D eigenvalue weighted by Gasteiger charge is -2.18. The number of methoxy groups -OCH3 is 1. The van der Waals surface area contributed by atoms with Gasteiger partial charge in [-0.05, 0) is 42.8 Å². The van der Waals surface area contributed by atoms with Crippen molar-refractivity contribution in [1.82, 2.24) is 0 Å². The number of anilines is 3. The van der Waals surface area contributed by atoms with Gasteiger partial charge in [-0.25, -0.2) is 4.79 Å². The Bertz CT molecular complexity index is 706. The molecule has 0 unspecified atom stereocenters. The number of amides is 2. The molecule has 5 nitrogen and oxygen atoms in total. The van der Waals surface area contributed by atoms with Crippen LogP contribution in [-0.4, -0.2) is 32.3 Å². The van der Waals surface area contributed by atoms with E-state index in [9.17, 15) is 4.79 Å². The molecular formula is C18H20ClN3O2. The SMILES string of the molecule is CO[C@@H]1CCN(c2ccc(NC(=O)Nc3ccccc3Cl)cc2)C1. The molecule has 0 radical (unpaired) electrons. The van der Waals surface area contributed by atoms with Gasteiger partial charge in [-0.1, -0.05) is 23.7 Å². The van der Waals surface area contributed by atoms with Crippen LogP contribution in [0.2, 0.25) is 5.02 Å². The lowest BCUT2D eigenvalue weighted by atomic mass is 10.2. The largest absolute Gasteiger partial charge is 0.380 e. The minimum Gasteiger partial charge on any atom is -0.380 e. The molecule has 0 spiro atoms. The Morgan fingerprint density at radius 3 is 2.58 bits per heavy atom. The van der Waals surface area contributed by atoms with E-state index >= 15 is 0 Å². The highest BCUT2D eigenvalue weighted by Gasteiger charge is 2.22. The van der Waals surface area contributed by atoms with Crippen molar-refractivity contribution in [1.29, 1.82) is 0 Å². The van der Waals surface area contributed by atoms with Crippen LogP contribution in [0.3, 0.4) is 0 Å². The van der Waals surface area contributed by atoms with Crippen LogP contribution in [0.4, 0.5) is 21.9 Å². The molecular weight excluding hydrogens is 326 g/mol. The van der Waals surface area contributed by atoms with E-state index in [1.54, 1.807) is 19.2 Å². The quantitative estimate of drug-likeness (QED) is 0.872. The zero-order valence-corrected chi connectivity index (χ0v) is 14.2. The number of ether oxygens (including phenoxy) is 1. The van der Waals surface area contributed by atoms with Gasteiger partial charge in [0, 0.05) is 31.6 Å². The van der Waals surface area contributed by atoms with Crippen molar-refractivity contribution < 1.29 is 9.53 Å². The fraction of sp³-hybridized carbons (Fsp3) is 0.278. The van der Waals surface area contributed by atoms with Crippen LogP contribution < -0.4 is 15.5 Å². The molecule has 1 saturated heterocycles. The summed E-state index contributed by atoms with van der Waals surface area (Å²) in [6.07, 6.45) is 1.33. The molecule has 126 valence electrons. The van der Waals surface area contributed by atoms with Gasteiger partial charge in [0.2, 0.25) is 0 Å². The summed E-state index contributed by atoms with van der Waals surface area (Å²) in [7, 11) is 1.75. The number of hydrogen-bond donors (Lipinski definition) is 2. The van der Waals surface area contributed by atoms with Crippen molar-refractivity contribution in [3.63, 3.8) is 0 Å². The zero-order chi connectivity index (χ0) is 16.9. The second-order valence-electron chi connectivity index (χ2n) is 5.70. The first-order valence-corrected chi connectivity index (χ1v) is 8.24. The Labute approximate surface area is 146 Å². The highest BCUT2D eigenvalue weighted by molar-refractivity contribution is 6.33. The molecule has 0 saturated carbocycles. The van der Waals surface area contributed by atoms with Crippen molar-refractivity contribution in [2.75, 3.05) is 35.7 Å². The van der Waals surface area contributed by atoms with E-state index in [1.165, 1.54) is 0 Å². The minimum atomic E-state index is -0.323. The van der Waals surface area contributed by atoms with E-state index < -0.39 is 0 Å². The monoisotopic (exact) mass is 345 g/mol. The summed E-state index contributed by atoms with van der Waals surface area (Å²) in [5.74, 6) is 0. The zero-order valence-electron chi connectivity index (χ0n) is 13.5. The van der Waals surface area contributed by atoms with Crippen LogP contribution in [0.1, 0.15) is 6.42 Å². The van der Waals surface area contributed by atoms with E-state index in [0.29, 0.717) is 16.8 Å². The smallest absolute Gasteiger partial charge is 0.323 e. The lowest BCUT2D eigenvalue weighted by Crippen LogP contribution is -2.22. The summed E-state index contributed by atoms with van der Waals surface area (Å²) >= 11 is 6.03. The molecule has 2 aromatic rings. The van der Waals surface area contributed by atoms with Gasteiger partial charge in [-0.3, -0.25) is 0 Å². The number of halogens is 1. The molecule has 6 heteroatoms. The van der Waals surface area contributed by atoms with E-state index in [2.05, 4.69) is 15.5 Å². The number of urea groups is 1. The maximum absolute atomic E-state index is 12.0. The molecule has 0 aliphatic carbocycles. The molecule has 0 aromatic heterocycles. The van der Waals surface area contributed by atoms with E-state index in [-0.39, 0.29) is 6.03 Å². The Morgan fingerprint density at radius 2 is 1.92 bits per heavy atom. The Kier molecular flexibility index (Phi) is 5.23. The number of carbonyl (C=O) groups excluding carboxylic acids is 1. The summed E-state index contributed by atoms with van der Waals surface area (Å²) in [5.41, 5.74) is 2.44. The van der Waals surface area contributed by atoms with Crippen molar-refractivity contribution in [2.45, 2.75) is 12.5 Å². The molecule has 3 rings (SSSR count). The van der Waals surface area contributed by atoms with Crippen molar-refractivity contribution in [3.05, 3.63) is 53.6 Å². The Balaban J connectivity index is 1.58. The molecule has 1 aliphatic rings. The number of nitrogens with one attached hydrogen (secondary N) is 2. The van der Waals surface area contributed by atoms with Crippen molar-refractivity contribution in [3.8, 4) is 0 Å². The van der Waals surface area contributed by atoms with Crippen LogP contribution in [0.5, 0.6) is 0 Å². The molecule has 1 fully saturated rings. The molecule has 2 N–H and O–H groups in total. The van der Waals surface area contributed by atoms with E-state index in [1.807, 2.05) is 36.4 Å². The lowest BCUT2D eigenvalue weighted by molar-refractivity contribution is 0.121. The number of para-hydroxylation sites is 1. The topological polar surface area (TPSA) is 53.6 Å². The van der Waals surface area contributed by atoms with Crippen molar-refractivity contribution >= 4 is 34.7 Å². The summed E-state index contributed by atoms with van der Waals surface area (Å²) in [6.45, 7) is 1.88. The van der Waals surface area contributed by atoms with Gasteiger partial charge in [-0.15, -0.1) is 0 Å². The van der Waals surface area contributed by atoms with Gasteiger partial charge in [0.1, 0.15) is 0 Å². The number of benzene rings is 2. The fourth-order valence-electron chi connectivity index (χ4n) is 2.76. The van der Waals surface area contributed by atoms with Gasteiger partial charge in [0.15, 0.2) is 0 Å². The van der Waals surface area contributed by atoms with Gasteiger partial charge < -0.3 is 20.3 Å². The average molecular weight is 346 g/mol. The van der Waals surface area contributed by atoms with Gasteiger partial charge >= 0.3 is 6.03 Å². The van der Waals surface area contributed by atoms with Gasteiger partial charge in [0.25, 0.3) is 0 Å². The molecule has 24 heavy (non-hydrogen) atoms. The third-order valence-electron chi connectivity index (χ3n) is 4.09. The standard InChI is InChI=1S/C18H20ClN3O2/c1-24-15-10-11-22(12-15)14-8-6-13(7-9-14)20-18(23)21-17-5-3-2-4-16(17)19/h2-9,15H,10-12H2,1H3,(H2,20,21,23)/t15-/m1/s1. The number of nitrogens with zero attached hydrogens (tertiary/aromatic N) is 1. The average Bonchev–Trinajstić information content (AvgIpc) is 3.07. The summed E-state index contributed by atoms with van der Waals surface area (Å²) < 4.78 is 5.39. The predicted molar refractivity (Wildman–Crippen MR) is 98.2 cm³/mol. The van der Waals surface area contributed by atoms with E-state index in [4.69, 9.17) is 16.3 Å². The highest BCUT2D eigenvalue weighted by Crippen LogP contribution is 2.24. The van der Waals surface area contributed by atoms with E-state index in [0.717, 1.165) is 30.9 Å².